The highest BCUT2D eigenvalue weighted by atomic mass is 19.1. The van der Waals surface area contributed by atoms with Gasteiger partial charge in [-0.3, -0.25) is 4.79 Å². The number of aromatic nitrogens is 1. The lowest BCUT2D eigenvalue weighted by molar-refractivity contribution is -0.138. The van der Waals surface area contributed by atoms with Crippen molar-refractivity contribution in [3.8, 4) is 5.88 Å². The van der Waals surface area contributed by atoms with Gasteiger partial charge < -0.3 is 9.84 Å². The second kappa shape index (κ2) is 6.83. The Morgan fingerprint density at radius 1 is 1.33 bits per heavy atom. The SMILES string of the molecule is CCOc1cccc(C(Cc2cccc(F)c2)C(=O)O)n1. The van der Waals surface area contributed by atoms with Crippen LogP contribution in [0.2, 0.25) is 0 Å². The molecule has 0 bridgehead atoms. The molecule has 21 heavy (non-hydrogen) atoms. The van der Waals surface area contributed by atoms with E-state index in [9.17, 15) is 14.3 Å². The summed E-state index contributed by atoms with van der Waals surface area (Å²) in [6, 6.07) is 10.9. The number of carboxylic acid groups (broad SMARTS) is 1. The average molecular weight is 289 g/mol. The van der Waals surface area contributed by atoms with Crippen LogP contribution in [-0.2, 0) is 11.2 Å². The lowest BCUT2D eigenvalue weighted by atomic mass is 9.96. The van der Waals surface area contributed by atoms with Crippen molar-refractivity contribution in [1.29, 1.82) is 0 Å². The number of benzene rings is 1. The van der Waals surface area contributed by atoms with Crippen LogP contribution in [0.25, 0.3) is 0 Å². The third-order valence-electron chi connectivity index (χ3n) is 3.02. The van der Waals surface area contributed by atoms with Crippen LogP contribution in [0.15, 0.2) is 42.5 Å². The highest BCUT2D eigenvalue weighted by Gasteiger charge is 2.22. The molecule has 110 valence electrons. The van der Waals surface area contributed by atoms with Crippen LogP contribution < -0.4 is 4.74 Å². The van der Waals surface area contributed by atoms with E-state index in [1.807, 2.05) is 6.92 Å². The average Bonchev–Trinajstić information content (AvgIpc) is 2.45. The van der Waals surface area contributed by atoms with Crippen LogP contribution >= 0.6 is 0 Å². The van der Waals surface area contributed by atoms with Gasteiger partial charge in [0.15, 0.2) is 0 Å². The molecule has 1 atom stereocenters. The van der Waals surface area contributed by atoms with Gasteiger partial charge in [0, 0.05) is 6.07 Å². The van der Waals surface area contributed by atoms with Crippen LogP contribution in [0.4, 0.5) is 4.39 Å². The molecule has 0 amide bonds. The van der Waals surface area contributed by atoms with E-state index in [1.165, 1.54) is 12.1 Å². The van der Waals surface area contributed by atoms with Gasteiger partial charge in [-0.2, -0.15) is 0 Å². The van der Waals surface area contributed by atoms with E-state index >= 15 is 0 Å². The molecule has 4 nitrogen and oxygen atoms in total. The van der Waals surface area contributed by atoms with Gasteiger partial charge >= 0.3 is 5.97 Å². The molecular formula is C16H16FNO3. The molecule has 1 aromatic carbocycles. The van der Waals surface area contributed by atoms with Gasteiger partial charge in [0.2, 0.25) is 5.88 Å². The monoisotopic (exact) mass is 289 g/mol. The minimum Gasteiger partial charge on any atom is -0.481 e. The molecule has 1 aromatic heterocycles. The van der Waals surface area contributed by atoms with E-state index in [2.05, 4.69) is 4.98 Å². The zero-order valence-electron chi connectivity index (χ0n) is 11.6. The van der Waals surface area contributed by atoms with Gasteiger partial charge in [-0.05, 0) is 37.1 Å². The van der Waals surface area contributed by atoms with Gasteiger partial charge in [-0.25, -0.2) is 9.37 Å². The summed E-state index contributed by atoms with van der Waals surface area (Å²) in [5.41, 5.74) is 1.02. The van der Waals surface area contributed by atoms with Crippen LogP contribution in [0, 0.1) is 5.82 Å². The summed E-state index contributed by atoms with van der Waals surface area (Å²) in [5.74, 6) is -1.83. The van der Waals surface area contributed by atoms with Crippen molar-refractivity contribution in [3.05, 3.63) is 59.5 Å². The first-order chi connectivity index (χ1) is 10.1. The van der Waals surface area contributed by atoms with Crippen molar-refractivity contribution in [1.82, 2.24) is 4.98 Å². The molecule has 0 radical (unpaired) electrons. The molecule has 0 spiro atoms. The molecule has 0 aliphatic rings. The van der Waals surface area contributed by atoms with Crippen molar-refractivity contribution in [2.75, 3.05) is 6.61 Å². The molecule has 0 aliphatic carbocycles. The quantitative estimate of drug-likeness (QED) is 0.888. The number of carbonyl (C=O) groups is 1. The lowest BCUT2D eigenvalue weighted by Gasteiger charge is -2.13. The Kier molecular flexibility index (Phi) is 4.87. The van der Waals surface area contributed by atoms with Gasteiger partial charge in [0.1, 0.15) is 11.7 Å². The fourth-order valence-electron chi connectivity index (χ4n) is 2.07. The molecule has 2 rings (SSSR count). The number of pyridine rings is 1. The number of hydrogen-bond donors (Lipinski definition) is 1. The maximum atomic E-state index is 13.2. The Morgan fingerprint density at radius 3 is 2.76 bits per heavy atom. The van der Waals surface area contributed by atoms with Crippen molar-refractivity contribution < 1.29 is 19.0 Å². The Morgan fingerprint density at radius 2 is 2.10 bits per heavy atom. The molecule has 2 aromatic rings. The van der Waals surface area contributed by atoms with E-state index in [0.29, 0.717) is 23.7 Å². The van der Waals surface area contributed by atoms with Crippen molar-refractivity contribution in [2.24, 2.45) is 0 Å². The number of hydrogen-bond acceptors (Lipinski definition) is 3. The molecule has 1 heterocycles. The Hall–Kier alpha value is -2.43. The molecule has 0 fully saturated rings. The predicted molar refractivity (Wildman–Crippen MR) is 75.9 cm³/mol. The molecule has 1 unspecified atom stereocenters. The molecule has 5 heteroatoms. The van der Waals surface area contributed by atoms with E-state index in [4.69, 9.17) is 4.74 Å². The van der Waals surface area contributed by atoms with Crippen LogP contribution in [0.5, 0.6) is 5.88 Å². The van der Waals surface area contributed by atoms with Crippen LogP contribution in [0.3, 0.4) is 0 Å². The summed E-state index contributed by atoms with van der Waals surface area (Å²) in [5, 5.41) is 9.40. The minimum atomic E-state index is -1.000. The third-order valence-corrected chi connectivity index (χ3v) is 3.02. The Balaban J connectivity index is 2.26. The number of rotatable bonds is 6. The first-order valence-electron chi connectivity index (χ1n) is 6.67. The van der Waals surface area contributed by atoms with Gasteiger partial charge in [-0.15, -0.1) is 0 Å². The summed E-state index contributed by atoms with van der Waals surface area (Å²) in [4.78, 5) is 15.7. The summed E-state index contributed by atoms with van der Waals surface area (Å²) < 4.78 is 18.5. The third kappa shape index (κ3) is 4.02. The predicted octanol–water partition coefficient (Wildman–Crippen LogP) is 3.03. The van der Waals surface area contributed by atoms with Gasteiger partial charge in [-0.1, -0.05) is 18.2 Å². The summed E-state index contributed by atoms with van der Waals surface area (Å²) >= 11 is 0. The number of halogens is 1. The standard InChI is InChI=1S/C16H16FNO3/c1-2-21-15-8-4-7-14(18-15)13(16(19)20)10-11-5-3-6-12(17)9-11/h3-9,13H,2,10H2,1H3,(H,19,20). The minimum absolute atomic E-state index is 0.176. The van der Waals surface area contributed by atoms with E-state index in [1.54, 1.807) is 30.3 Å². The van der Waals surface area contributed by atoms with Crippen molar-refractivity contribution in [3.63, 3.8) is 0 Å². The fourth-order valence-corrected chi connectivity index (χ4v) is 2.07. The highest BCUT2D eigenvalue weighted by molar-refractivity contribution is 5.75. The zero-order valence-corrected chi connectivity index (χ0v) is 11.6. The highest BCUT2D eigenvalue weighted by Crippen LogP contribution is 2.22. The summed E-state index contributed by atoms with van der Waals surface area (Å²) in [6.45, 7) is 2.29. The van der Waals surface area contributed by atoms with E-state index in [-0.39, 0.29) is 12.2 Å². The first kappa shape index (κ1) is 15.0. The number of carboxylic acids is 1. The molecule has 0 aliphatic heterocycles. The number of ether oxygens (including phenoxy) is 1. The maximum absolute atomic E-state index is 13.2. The van der Waals surface area contributed by atoms with Gasteiger partial charge in [0.05, 0.1) is 12.3 Å². The van der Waals surface area contributed by atoms with Gasteiger partial charge in [0.25, 0.3) is 0 Å². The second-order valence-corrected chi connectivity index (χ2v) is 4.56. The van der Waals surface area contributed by atoms with E-state index in [0.717, 1.165) is 0 Å². The Bertz CT molecular complexity index is 630. The number of aliphatic carboxylic acids is 1. The number of nitrogens with zero attached hydrogens (tertiary/aromatic N) is 1. The first-order valence-corrected chi connectivity index (χ1v) is 6.67. The fraction of sp³-hybridized carbons (Fsp3) is 0.250. The molecule has 1 N–H and O–H groups in total. The van der Waals surface area contributed by atoms with Crippen molar-refractivity contribution in [2.45, 2.75) is 19.3 Å². The van der Waals surface area contributed by atoms with E-state index < -0.39 is 11.9 Å². The second-order valence-electron chi connectivity index (χ2n) is 4.56. The normalized spacial score (nSPS) is 11.9. The largest absolute Gasteiger partial charge is 0.481 e. The van der Waals surface area contributed by atoms with Crippen LogP contribution in [0.1, 0.15) is 24.1 Å². The summed E-state index contributed by atoms with van der Waals surface area (Å²) in [6.07, 6.45) is 0.176. The maximum Gasteiger partial charge on any atom is 0.312 e. The smallest absolute Gasteiger partial charge is 0.312 e. The van der Waals surface area contributed by atoms with Crippen molar-refractivity contribution >= 4 is 5.97 Å². The molecule has 0 saturated heterocycles. The molecular weight excluding hydrogens is 273 g/mol. The Labute approximate surface area is 122 Å². The van der Waals surface area contributed by atoms with Crippen LogP contribution in [-0.4, -0.2) is 22.7 Å². The molecule has 0 saturated carbocycles. The summed E-state index contributed by atoms with van der Waals surface area (Å²) in [7, 11) is 0. The topological polar surface area (TPSA) is 59.4 Å². The zero-order chi connectivity index (χ0) is 15.2. The lowest BCUT2D eigenvalue weighted by Crippen LogP contribution is -2.16.